The van der Waals surface area contributed by atoms with Crippen molar-refractivity contribution < 1.29 is 18.6 Å². The summed E-state index contributed by atoms with van der Waals surface area (Å²) in [5.41, 5.74) is 0. The van der Waals surface area contributed by atoms with Crippen molar-refractivity contribution in [2.24, 2.45) is 10.9 Å². The van der Waals surface area contributed by atoms with Crippen LogP contribution in [0.5, 0.6) is 0 Å². The number of furan rings is 1. The van der Waals surface area contributed by atoms with Gasteiger partial charge in [-0.25, -0.2) is 0 Å². The van der Waals surface area contributed by atoms with E-state index in [4.69, 9.17) is 23.6 Å². The number of aliphatic imine (C=N–C) groups is 1. The molecule has 1 spiro atoms. The molecule has 1 atom stereocenters. The Labute approximate surface area is 185 Å². The van der Waals surface area contributed by atoms with Gasteiger partial charge in [0.15, 0.2) is 11.7 Å². The SMILES string of the molecule is COCCNC(=NCC1COC2(CCC(C)CC2)O1)NCCc1ccco1.I. The Kier molecular flexibility index (Phi) is 10.0. The first-order valence-electron chi connectivity index (χ1n) is 10.0. The summed E-state index contributed by atoms with van der Waals surface area (Å²) in [4.78, 5) is 4.69. The number of methoxy groups -OCH3 is 1. The standard InChI is InChI=1S/C20H33N3O4.HI/c1-16-5-8-20(9-6-16)26-15-18(27-20)14-23-19(22-11-13-24-2)21-10-7-17-4-3-12-25-17;/h3-4,12,16,18H,5-11,13-15H2,1-2H3,(H2,21,22,23);1H. The van der Waals surface area contributed by atoms with E-state index in [2.05, 4.69) is 17.6 Å². The third kappa shape index (κ3) is 7.20. The Balaban J connectivity index is 0.00000280. The smallest absolute Gasteiger partial charge is 0.191 e. The lowest BCUT2D eigenvalue weighted by atomic mass is 9.86. The van der Waals surface area contributed by atoms with Crippen molar-refractivity contribution in [2.45, 2.75) is 50.9 Å². The topological polar surface area (TPSA) is 77.2 Å². The number of nitrogens with one attached hydrogen (secondary N) is 2. The van der Waals surface area contributed by atoms with Crippen LogP contribution in [0.2, 0.25) is 0 Å². The summed E-state index contributed by atoms with van der Waals surface area (Å²) in [6, 6.07) is 3.88. The van der Waals surface area contributed by atoms with Crippen molar-refractivity contribution in [1.29, 1.82) is 0 Å². The second-order valence-electron chi connectivity index (χ2n) is 7.51. The van der Waals surface area contributed by atoms with E-state index >= 15 is 0 Å². The maximum atomic E-state index is 6.25. The molecule has 1 aromatic rings. The van der Waals surface area contributed by atoms with Crippen molar-refractivity contribution in [3.63, 3.8) is 0 Å². The lowest BCUT2D eigenvalue weighted by molar-refractivity contribution is -0.190. The lowest BCUT2D eigenvalue weighted by Crippen LogP contribution is -2.40. The van der Waals surface area contributed by atoms with Crippen LogP contribution in [-0.2, 0) is 20.6 Å². The fourth-order valence-corrected chi connectivity index (χ4v) is 3.57. The molecular weight excluding hydrogens is 473 g/mol. The summed E-state index contributed by atoms with van der Waals surface area (Å²) in [6.45, 7) is 5.58. The molecule has 1 saturated heterocycles. The predicted molar refractivity (Wildman–Crippen MR) is 119 cm³/mol. The lowest BCUT2D eigenvalue weighted by Gasteiger charge is -2.34. The van der Waals surface area contributed by atoms with Crippen LogP contribution in [0.1, 0.15) is 38.4 Å². The summed E-state index contributed by atoms with van der Waals surface area (Å²) in [5, 5.41) is 6.63. The van der Waals surface area contributed by atoms with E-state index < -0.39 is 0 Å². The number of hydrogen-bond donors (Lipinski definition) is 2. The van der Waals surface area contributed by atoms with Gasteiger partial charge in [-0.3, -0.25) is 4.99 Å². The Morgan fingerprint density at radius 1 is 1.29 bits per heavy atom. The van der Waals surface area contributed by atoms with Crippen LogP contribution in [0.15, 0.2) is 27.8 Å². The van der Waals surface area contributed by atoms with E-state index in [-0.39, 0.29) is 35.9 Å². The molecule has 1 aliphatic carbocycles. The van der Waals surface area contributed by atoms with Crippen LogP contribution in [0.4, 0.5) is 0 Å². The number of halogens is 1. The number of ether oxygens (including phenoxy) is 3. The minimum Gasteiger partial charge on any atom is -0.469 e. The van der Waals surface area contributed by atoms with Crippen LogP contribution in [-0.4, -0.2) is 57.8 Å². The highest BCUT2D eigenvalue weighted by Crippen LogP contribution is 2.39. The van der Waals surface area contributed by atoms with E-state index in [1.165, 1.54) is 12.8 Å². The van der Waals surface area contributed by atoms with Crippen molar-refractivity contribution >= 4 is 29.9 Å². The molecule has 0 bridgehead atoms. The average Bonchev–Trinajstić information content (AvgIpc) is 3.33. The highest BCUT2D eigenvalue weighted by Gasteiger charge is 2.43. The molecule has 160 valence electrons. The van der Waals surface area contributed by atoms with Gasteiger partial charge in [0.1, 0.15) is 11.9 Å². The molecule has 2 heterocycles. The van der Waals surface area contributed by atoms with Crippen LogP contribution in [0, 0.1) is 5.92 Å². The van der Waals surface area contributed by atoms with E-state index in [1.54, 1.807) is 13.4 Å². The van der Waals surface area contributed by atoms with Crippen LogP contribution < -0.4 is 10.6 Å². The number of guanidine groups is 1. The van der Waals surface area contributed by atoms with E-state index in [0.717, 1.165) is 43.4 Å². The number of nitrogens with zero attached hydrogens (tertiary/aromatic N) is 1. The maximum Gasteiger partial charge on any atom is 0.191 e. The van der Waals surface area contributed by atoms with Crippen LogP contribution in [0.25, 0.3) is 0 Å². The zero-order chi connectivity index (χ0) is 19.0. The summed E-state index contributed by atoms with van der Waals surface area (Å²) in [7, 11) is 1.69. The van der Waals surface area contributed by atoms with Crippen LogP contribution in [0.3, 0.4) is 0 Å². The second-order valence-corrected chi connectivity index (χ2v) is 7.51. The largest absolute Gasteiger partial charge is 0.469 e. The van der Waals surface area contributed by atoms with Gasteiger partial charge in [0, 0.05) is 39.5 Å². The molecule has 1 aromatic heterocycles. The molecule has 2 N–H and O–H groups in total. The minimum absolute atomic E-state index is 0. The van der Waals surface area contributed by atoms with Crippen molar-refractivity contribution in [3.05, 3.63) is 24.2 Å². The molecule has 2 aliphatic rings. The Morgan fingerprint density at radius 3 is 2.79 bits per heavy atom. The van der Waals surface area contributed by atoms with E-state index in [0.29, 0.717) is 26.3 Å². The number of rotatable bonds is 8. The van der Waals surface area contributed by atoms with Gasteiger partial charge in [0.25, 0.3) is 0 Å². The second kappa shape index (κ2) is 12.0. The van der Waals surface area contributed by atoms with Crippen molar-refractivity contribution in [1.82, 2.24) is 10.6 Å². The van der Waals surface area contributed by atoms with Gasteiger partial charge in [-0.1, -0.05) is 6.92 Å². The van der Waals surface area contributed by atoms with Gasteiger partial charge in [-0.2, -0.15) is 0 Å². The van der Waals surface area contributed by atoms with Gasteiger partial charge < -0.3 is 29.3 Å². The molecule has 3 rings (SSSR count). The Hall–Kier alpha value is -0.840. The molecule has 0 aromatic carbocycles. The monoisotopic (exact) mass is 507 g/mol. The molecule has 1 unspecified atom stereocenters. The Morgan fingerprint density at radius 2 is 2.07 bits per heavy atom. The average molecular weight is 507 g/mol. The minimum atomic E-state index is -0.358. The predicted octanol–water partition coefficient (Wildman–Crippen LogP) is 2.94. The molecule has 2 fully saturated rings. The highest BCUT2D eigenvalue weighted by atomic mass is 127. The van der Waals surface area contributed by atoms with E-state index in [9.17, 15) is 0 Å². The van der Waals surface area contributed by atoms with Gasteiger partial charge in [0.2, 0.25) is 0 Å². The zero-order valence-corrected chi connectivity index (χ0v) is 19.3. The molecular formula is C20H34IN3O4. The molecule has 0 amide bonds. The maximum absolute atomic E-state index is 6.25. The summed E-state index contributed by atoms with van der Waals surface area (Å²) in [6.07, 6.45) is 6.86. The molecule has 1 aliphatic heterocycles. The Bertz CT molecular complexity index is 574. The number of hydrogen-bond acceptors (Lipinski definition) is 5. The highest BCUT2D eigenvalue weighted by molar-refractivity contribution is 14.0. The fraction of sp³-hybridized carbons (Fsp3) is 0.750. The first kappa shape index (κ1) is 23.4. The van der Waals surface area contributed by atoms with Gasteiger partial charge in [0.05, 0.1) is 26.0 Å². The third-order valence-electron chi connectivity index (χ3n) is 5.25. The van der Waals surface area contributed by atoms with Crippen molar-refractivity contribution in [2.75, 3.05) is 40.0 Å². The van der Waals surface area contributed by atoms with Crippen LogP contribution >= 0.6 is 24.0 Å². The molecule has 1 saturated carbocycles. The first-order chi connectivity index (χ1) is 13.2. The van der Waals surface area contributed by atoms with Gasteiger partial charge in [-0.05, 0) is 30.9 Å². The third-order valence-corrected chi connectivity index (χ3v) is 5.25. The quantitative estimate of drug-likeness (QED) is 0.244. The van der Waals surface area contributed by atoms with Gasteiger partial charge >= 0.3 is 0 Å². The van der Waals surface area contributed by atoms with E-state index in [1.807, 2.05) is 12.1 Å². The van der Waals surface area contributed by atoms with Crippen molar-refractivity contribution in [3.8, 4) is 0 Å². The summed E-state index contributed by atoms with van der Waals surface area (Å²) >= 11 is 0. The molecule has 7 nitrogen and oxygen atoms in total. The molecule has 28 heavy (non-hydrogen) atoms. The van der Waals surface area contributed by atoms with Gasteiger partial charge in [-0.15, -0.1) is 24.0 Å². The zero-order valence-electron chi connectivity index (χ0n) is 16.9. The fourth-order valence-electron chi connectivity index (χ4n) is 3.57. The molecule has 0 radical (unpaired) electrons. The summed E-state index contributed by atoms with van der Waals surface area (Å²) in [5.74, 6) is 2.14. The first-order valence-corrected chi connectivity index (χ1v) is 10.0. The molecule has 8 heteroatoms. The summed E-state index contributed by atoms with van der Waals surface area (Å²) < 4.78 is 22.8. The normalized spacial score (nSPS) is 27.6.